The van der Waals surface area contributed by atoms with Crippen molar-refractivity contribution >= 4 is 22.8 Å². The number of aromatic nitrogens is 1. The average molecular weight is 300 g/mol. The van der Waals surface area contributed by atoms with Crippen molar-refractivity contribution in [2.24, 2.45) is 5.41 Å². The van der Waals surface area contributed by atoms with Crippen LogP contribution in [0.3, 0.4) is 0 Å². The number of nitrogens with one attached hydrogen (secondary N) is 1. The summed E-state index contributed by atoms with van der Waals surface area (Å²) in [5, 5.41) is 10.4. The molecular weight excluding hydrogens is 280 g/mol. The molecule has 1 saturated heterocycles. The van der Waals surface area contributed by atoms with Gasteiger partial charge in [0.05, 0.1) is 16.5 Å². The molecule has 116 valence electrons. The van der Waals surface area contributed by atoms with Crippen LogP contribution in [-0.2, 0) is 4.79 Å². The quantitative estimate of drug-likeness (QED) is 0.895. The summed E-state index contributed by atoms with van der Waals surface area (Å²) in [6, 6.07) is 5.68. The number of fused-ring (bicyclic) bond motifs is 1. The van der Waals surface area contributed by atoms with Crippen molar-refractivity contribution < 1.29 is 14.7 Å². The van der Waals surface area contributed by atoms with Crippen LogP contribution in [0.1, 0.15) is 35.0 Å². The molecule has 0 radical (unpaired) electrons. The number of aromatic amines is 1. The molecule has 0 bridgehead atoms. The lowest BCUT2D eigenvalue weighted by Gasteiger charge is -2.20. The van der Waals surface area contributed by atoms with Crippen LogP contribution in [0.25, 0.3) is 10.9 Å². The first kappa shape index (κ1) is 14.6. The van der Waals surface area contributed by atoms with Crippen molar-refractivity contribution in [2.75, 3.05) is 13.1 Å². The SMILES string of the molecule is Cc1[nH]c2c(C(=O)N3CC[C@@](C)(C(=O)O)C3)cccc2c1C. The molecule has 0 unspecified atom stereocenters. The molecule has 1 aliphatic heterocycles. The van der Waals surface area contributed by atoms with E-state index in [4.69, 9.17) is 0 Å². The van der Waals surface area contributed by atoms with Gasteiger partial charge in [0.1, 0.15) is 0 Å². The van der Waals surface area contributed by atoms with E-state index in [0.29, 0.717) is 18.5 Å². The lowest BCUT2D eigenvalue weighted by Crippen LogP contribution is -2.34. The molecule has 5 heteroatoms. The van der Waals surface area contributed by atoms with Gasteiger partial charge < -0.3 is 15.0 Å². The number of benzene rings is 1. The minimum atomic E-state index is -0.842. The Morgan fingerprint density at radius 1 is 1.32 bits per heavy atom. The molecule has 0 spiro atoms. The van der Waals surface area contributed by atoms with Crippen LogP contribution in [0.15, 0.2) is 18.2 Å². The van der Waals surface area contributed by atoms with Crippen molar-refractivity contribution in [2.45, 2.75) is 27.2 Å². The van der Waals surface area contributed by atoms with Crippen molar-refractivity contribution in [3.05, 3.63) is 35.0 Å². The molecule has 0 saturated carbocycles. The van der Waals surface area contributed by atoms with E-state index in [2.05, 4.69) is 4.98 Å². The molecule has 22 heavy (non-hydrogen) atoms. The van der Waals surface area contributed by atoms with Gasteiger partial charge in [0.15, 0.2) is 0 Å². The number of aryl methyl sites for hydroxylation is 2. The average Bonchev–Trinajstić information content (AvgIpc) is 3.01. The number of likely N-dealkylation sites (tertiary alicyclic amines) is 1. The fourth-order valence-corrected chi connectivity index (χ4v) is 3.14. The van der Waals surface area contributed by atoms with Crippen molar-refractivity contribution in [3.8, 4) is 0 Å². The van der Waals surface area contributed by atoms with Gasteiger partial charge in [-0.3, -0.25) is 9.59 Å². The van der Waals surface area contributed by atoms with Crippen molar-refractivity contribution in [1.82, 2.24) is 9.88 Å². The summed E-state index contributed by atoms with van der Waals surface area (Å²) in [6.07, 6.45) is 0.493. The zero-order chi connectivity index (χ0) is 16.1. The van der Waals surface area contributed by atoms with Crippen molar-refractivity contribution in [3.63, 3.8) is 0 Å². The van der Waals surface area contributed by atoms with E-state index in [1.165, 1.54) is 0 Å². The number of carbonyl (C=O) groups excluding carboxylic acids is 1. The summed E-state index contributed by atoms with van der Waals surface area (Å²) in [4.78, 5) is 29.1. The number of H-pyrrole nitrogens is 1. The minimum Gasteiger partial charge on any atom is -0.481 e. The van der Waals surface area contributed by atoms with E-state index in [1.807, 2.05) is 26.0 Å². The number of carbonyl (C=O) groups is 2. The summed E-state index contributed by atoms with van der Waals surface area (Å²) >= 11 is 0. The Kier molecular flexibility index (Phi) is 3.24. The van der Waals surface area contributed by atoms with Gasteiger partial charge in [0.2, 0.25) is 0 Å². The molecule has 5 nitrogen and oxygen atoms in total. The first-order chi connectivity index (χ1) is 10.3. The van der Waals surface area contributed by atoms with Gasteiger partial charge in [-0.15, -0.1) is 0 Å². The number of carboxylic acid groups (broad SMARTS) is 1. The summed E-state index contributed by atoms with van der Waals surface area (Å²) in [5.41, 5.74) is 2.80. The van der Waals surface area contributed by atoms with Gasteiger partial charge in [-0.1, -0.05) is 12.1 Å². The number of carboxylic acids is 1. The van der Waals surface area contributed by atoms with E-state index in [9.17, 15) is 14.7 Å². The van der Waals surface area contributed by atoms with Crippen LogP contribution < -0.4 is 0 Å². The van der Waals surface area contributed by atoms with Gasteiger partial charge >= 0.3 is 5.97 Å². The lowest BCUT2D eigenvalue weighted by molar-refractivity contribution is -0.147. The minimum absolute atomic E-state index is 0.100. The maximum absolute atomic E-state index is 12.8. The van der Waals surface area contributed by atoms with Crippen LogP contribution >= 0.6 is 0 Å². The van der Waals surface area contributed by atoms with E-state index in [1.54, 1.807) is 17.9 Å². The van der Waals surface area contributed by atoms with Crippen LogP contribution in [0.4, 0.5) is 0 Å². The predicted octanol–water partition coefficient (Wildman–Crippen LogP) is 2.72. The number of nitrogens with zero attached hydrogens (tertiary/aromatic N) is 1. The van der Waals surface area contributed by atoms with E-state index in [-0.39, 0.29) is 12.5 Å². The molecule has 2 heterocycles. The highest BCUT2D eigenvalue weighted by atomic mass is 16.4. The lowest BCUT2D eigenvalue weighted by atomic mass is 9.90. The van der Waals surface area contributed by atoms with E-state index in [0.717, 1.165) is 22.2 Å². The first-order valence-electron chi connectivity index (χ1n) is 7.44. The highest BCUT2D eigenvalue weighted by Gasteiger charge is 2.42. The second kappa shape index (κ2) is 4.87. The Morgan fingerprint density at radius 3 is 2.68 bits per heavy atom. The summed E-state index contributed by atoms with van der Waals surface area (Å²) in [5.74, 6) is -0.940. The van der Waals surface area contributed by atoms with E-state index >= 15 is 0 Å². The molecular formula is C17H20N2O3. The highest BCUT2D eigenvalue weighted by Crippen LogP contribution is 2.32. The van der Waals surface area contributed by atoms with Crippen LogP contribution in [0, 0.1) is 19.3 Å². The number of para-hydroxylation sites is 1. The highest BCUT2D eigenvalue weighted by molar-refractivity contribution is 6.07. The first-order valence-corrected chi connectivity index (χ1v) is 7.44. The molecule has 1 fully saturated rings. The van der Waals surface area contributed by atoms with Crippen LogP contribution in [0.5, 0.6) is 0 Å². The third kappa shape index (κ3) is 2.08. The Hall–Kier alpha value is -2.30. The van der Waals surface area contributed by atoms with Crippen LogP contribution in [-0.4, -0.2) is 40.0 Å². The Bertz CT molecular complexity index is 778. The molecule has 0 aliphatic carbocycles. The third-order valence-corrected chi connectivity index (χ3v) is 4.85. The largest absolute Gasteiger partial charge is 0.481 e. The summed E-state index contributed by atoms with van der Waals surface area (Å²) < 4.78 is 0. The number of rotatable bonds is 2. The fourth-order valence-electron chi connectivity index (χ4n) is 3.14. The van der Waals surface area contributed by atoms with Gasteiger partial charge in [-0.25, -0.2) is 0 Å². The Morgan fingerprint density at radius 2 is 2.05 bits per heavy atom. The molecule has 3 rings (SSSR count). The fraction of sp³-hybridized carbons (Fsp3) is 0.412. The molecule has 1 aromatic carbocycles. The second-order valence-corrected chi connectivity index (χ2v) is 6.45. The smallest absolute Gasteiger partial charge is 0.311 e. The van der Waals surface area contributed by atoms with Crippen molar-refractivity contribution in [1.29, 1.82) is 0 Å². The Balaban J connectivity index is 1.97. The topological polar surface area (TPSA) is 73.4 Å². The third-order valence-electron chi connectivity index (χ3n) is 4.85. The molecule has 1 atom stereocenters. The normalized spacial score (nSPS) is 21.5. The number of amides is 1. The Labute approximate surface area is 128 Å². The zero-order valence-electron chi connectivity index (χ0n) is 13.1. The molecule has 1 aromatic heterocycles. The van der Waals surface area contributed by atoms with Crippen LogP contribution in [0.2, 0.25) is 0 Å². The monoisotopic (exact) mass is 300 g/mol. The van der Waals surface area contributed by atoms with Gasteiger partial charge in [0, 0.05) is 24.2 Å². The standard InChI is InChI=1S/C17H20N2O3/c1-10-11(2)18-14-12(10)5-4-6-13(14)15(20)19-8-7-17(3,9-19)16(21)22/h4-6,18H,7-9H2,1-3H3,(H,21,22)/t17-/m1/s1. The molecule has 2 aromatic rings. The summed E-state index contributed by atoms with van der Waals surface area (Å²) in [6.45, 7) is 6.46. The van der Waals surface area contributed by atoms with Gasteiger partial charge in [0.25, 0.3) is 5.91 Å². The van der Waals surface area contributed by atoms with Gasteiger partial charge in [-0.2, -0.15) is 0 Å². The number of aliphatic carboxylic acids is 1. The maximum Gasteiger partial charge on any atom is 0.311 e. The molecule has 1 aliphatic rings. The molecule has 1 amide bonds. The predicted molar refractivity (Wildman–Crippen MR) is 84.0 cm³/mol. The summed E-state index contributed by atoms with van der Waals surface area (Å²) in [7, 11) is 0. The number of hydrogen-bond acceptors (Lipinski definition) is 2. The zero-order valence-corrected chi connectivity index (χ0v) is 13.1. The maximum atomic E-state index is 12.8. The second-order valence-electron chi connectivity index (χ2n) is 6.45. The van der Waals surface area contributed by atoms with E-state index < -0.39 is 11.4 Å². The van der Waals surface area contributed by atoms with Gasteiger partial charge in [-0.05, 0) is 38.8 Å². The molecule has 2 N–H and O–H groups in total. The number of hydrogen-bond donors (Lipinski definition) is 2.